The van der Waals surface area contributed by atoms with Crippen molar-refractivity contribution in [3.8, 4) is 5.75 Å². The summed E-state index contributed by atoms with van der Waals surface area (Å²) in [6.07, 6.45) is 0. The van der Waals surface area contributed by atoms with E-state index in [2.05, 4.69) is 10.6 Å². The second kappa shape index (κ2) is 10.2. The summed E-state index contributed by atoms with van der Waals surface area (Å²) in [7, 11) is 0. The monoisotopic (exact) mass is 390 g/mol. The van der Waals surface area contributed by atoms with Crippen LogP contribution in [0.1, 0.15) is 17.3 Å². The summed E-state index contributed by atoms with van der Waals surface area (Å²) in [4.78, 5) is 35.6. The third-order valence-corrected chi connectivity index (χ3v) is 3.57. The minimum Gasteiger partial charge on any atom is -0.493 e. The van der Waals surface area contributed by atoms with Gasteiger partial charge >= 0.3 is 5.97 Å². The van der Waals surface area contributed by atoms with Crippen molar-refractivity contribution in [1.29, 1.82) is 0 Å². The third-order valence-electron chi connectivity index (χ3n) is 3.32. The van der Waals surface area contributed by atoms with Gasteiger partial charge in [-0.25, -0.2) is 0 Å². The van der Waals surface area contributed by atoms with Crippen LogP contribution in [0.25, 0.3) is 0 Å². The zero-order chi connectivity index (χ0) is 19.6. The Hall–Kier alpha value is -3.06. The quantitative estimate of drug-likeness (QED) is 0.676. The van der Waals surface area contributed by atoms with Gasteiger partial charge in [0.05, 0.1) is 12.2 Å². The molecule has 0 aliphatic carbocycles. The molecule has 2 rings (SSSR count). The van der Waals surface area contributed by atoms with Crippen molar-refractivity contribution in [2.75, 3.05) is 25.1 Å². The number of hydrogen-bond acceptors (Lipinski definition) is 5. The summed E-state index contributed by atoms with van der Waals surface area (Å²) >= 11 is 5.76. The van der Waals surface area contributed by atoms with Crippen LogP contribution in [0, 0.1) is 0 Å². The van der Waals surface area contributed by atoms with Crippen molar-refractivity contribution in [1.82, 2.24) is 5.32 Å². The third kappa shape index (κ3) is 6.63. The van der Waals surface area contributed by atoms with Gasteiger partial charge in [-0.2, -0.15) is 0 Å². The van der Waals surface area contributed by atoms with Crippen LogP contribution in [0.15, 0.2) is 48.5 Å². The van der Waals surface area contributed by atoms with Crippen LogP contribution in [-0.2, 0) is 14.3 Å². The Morgan fingerprint density at radius 3 is 2.44 bits per heavy atom. The van der Waals surface area contributed by atoms with Gasteiger partial charge in [0.15, 0.2) is 6.61 Å². The molecule has 7 nitrogen and oxygen atoms in total. The topological polar surface area (TPSA) is 93.7 Å². The summed E-state index contributed by atoms with van der Waals surface area (Å²) in [5.74, 6) is -1.28. The lowest BCUT2D eigenvalue weighted by atomic mass is 10.2. The minimum absolute atomic E-state index is 0.313. The molecule has 2 amide bonds. The zero-order valence-electron chi connectivity index (χ0n) is 14.7. The van der Waals surface area contributed by atoms with Crippen LogP contribution in [0.5, 0.6) is 5.75 Å². The maximum absolute atomic E-state index is 12.2. The molecule has 0 unspecified atom stereocenters. The lowest BCUT2D eigenvalue weighted by Gasteiger charge is -2.10. The van der Waals surface area contributed by atoms with Gasteiger partial charge in [0.2, 0.25) is 0 Å². The van der Waals surface area contributed by atoms with Gasteiger partial charge in [-0.15, -0.1) is 0 Å². The number of anilines is 1. The molecule has 0 saturated carbocycles. The van der Waals surface area contributed by atoms with E-state index in [-0.39, 0.29) is 6.54 Å². The second-order valence-corrected chi connectivity index (χ2v) is 5.76. The van der Waals surface area contributed by atoms with Gasteiger partial charge in [0.25, 0.3) is 11.8 Å². The summed E-state index contributed by atoms with van der Waals surface area (Å²) in [5.41, 5.74) is 0.842. The van der Waals surface area contributed by atoms with Crippen LogP contribution in [0.2, 0.25) is 5.02 Å². The molecule has 0 aliphatic rings. The molecule has 0 spiro atoms. The largest absolute Gasteiger partial charge is 0.493 e. The molecule has 142 valence electrons. The van der Waals surface area contributed by atoms with E-state index >= 15 is 0 Å². The molecule has 0 heterocycles. The van der Waals surface area contributed by atoms with Crippen LogP contribution in [0.3, 0.4) is 0 Å². The van der Waals surface area contributed by atoms with E-state index in [1.54, 1.807) is 55.5 Å². The van der Waals surface area contributed by atoms with Crippen LogP contribution in [-0.4, -0.2) is 37.5 Å². The summed E-state index contributed by atoms with van der Waals surface area (Å²) < 4.78 is 10.2. The molecular weight excluding hydrogens is 372 g/mol. The van der Waals surface area contributed by atoms with E-state index in [1.165, 1.54) is 0 Å². The lowest BCUT2D eigenvalue weighted by Crippen LogP contribution is -2.32. The Morgan fingerprint density at radius 2 is 1.74 bits per heavy atom. The predicted octanol–water partition coefficient (Wildman–Crippen LogP) is 2.65. The second-order valence-electron chi connectivity index (χ2n) is 5.33. The number of ether oxygens (including phenoxy) is 2. The molecule has 2 N–H and O–H groups in total. The van der Waals surface area contributed by atoms with E-state index in [0.29, 0.717) is 28.6 Å². The minimum atomic E-state index is -0.733. The van der Waals surface area contributed by atoms with Crippen LogP contribution in [0.4, 0.5) is 5.69 Å². The Bertz CT molecular complexity index is 808. The first kappa shape index (κ1) is 20.3. The molecule has 2 aromatic rings. The molecule has 27 heavy (non-hydrogen) atoms. The number of nitrogens with one attached hydrogen (secondary N) is 2. The fourth-order valence-electron chi connectivity index (χ4n) is 2.11. The smallest absolute Gasteiger partial charge is 0.325 e. The molecule has 0 aromatic heterocycles. The Balaban J connectivity index is 1.76. The summed E-state index contributed by atoms with van der Waals surface area (Å²) in [6, 6.07) is 13.2. The zero-order valence-corrected chi connectivity index (χ0v) is 15.4. The SMILES string of the molecule is CCOc1ccccc1C(=O)NCC(=O)OCC(=O)Nc1ccc(Cl)cc1. The van der Waals surface area contributed by atoms with E-state index in [4.69, 9.17) is 21.1 Å². The van der Waals surface area contributed by atoms with Gasteiger partial charge < -0.3 is 20.1 Å². The van der Waals surface area contributed by atoms with E-state index in [9.17, 15) is 14.4 Å². The first-order valence-electron chi connectivity index (χ1n) is 8.20. The molecule has 0 radical (unpaired) electrons. The van der Waals surface area contributed by atoms with E-state index in [0.717, 1.165) is 0 Å². The highest BCUT2D eigenvalue weighted by molar-refractivity contribution is 6.30. The number of para-hydroxylation sites is 1. The van der Waals surface area contributed by atoms with E-state index < -0.39 is 24.4 Å². The average Bonchev–Trinajstić information content (AvgIpc) is 2.67. The highest BCUT2D eigenvalue weighted by Gasteiger charge is 2.14. The first-order chi connectivity index (χ1) is 13.0. The van der Waals surface area contributed by atoms with Gasteiger partial charge in [0, 0.05) is 10.7 Å². The molecule has 0 fully saturated rings. The number of amides is 2. The van der Waals surface area contributed by atoms with Crippen LogP contribution >= 0.6 is 11.6 Å². The highest BCUT2D eigenvalue weighted by atomic mass is 35.5. The van der Waals surface area contributed by atoms with Crippen molar-refractivity contribution < 1.29 is 23.9 Å². The van der Waals surface area contributed by atoms with Gasteiger partial charge in [-0.05, 0) is 43.3 Å². The standard InChI is InChI=1S/C19H19ClN2O5/c1-2-26-16-6-4-3-5-15(16)19(25)21-11-18(24)27-12-17(23)22-14-9-7-13(20)8-10-14/h3-10H,2,11-12H2,1H3,(H,21,25)(H,22,23). The Labute approximate surface area is 161 Å². The maximum atomic E-state index is 12.2. The van der Waals surface area contributed by atoms with Gasteiger partial charge in [0.1, 0.15) is 12.3 Å². The van der Waals surface area contributed by atoms with Crippen molar-refractivity contribution in [2.24, 2.45) is 0 Å². The average molecular weight is 391 g/mol. The fourth-order valence-corrected chi connectivity index (χ4v) is 2.24. The number of benzene rings is 2. The number of carbonyl (C=O) groups excluding carboxylic acids is 3. The molecule has 8 heteroatoms. The van der Waals surface area contributed by atoms with Gasteiger partial charge in [-0.3, -0.25) is 14.4 Å². The predicted molar refractivity (Wildman–Crippen MR) is 101 cm³/mol. The molecule has 2 aromatic carbocycles. The number of rotatable bonds is 8. The number of hydrogen-bond donors (Lipinski definition) is 2. The Morgan fingerprint density at radius 1 is 1.04 bits per heavy atom. The molecule has 0 atom stereocenters. The lowest BCUT2D eigenvalue weighted by molar-refractivity contribution is -0.146. The normalized spacial score (nSPS) is 10.0. The fraction of sp³-hybridized carbons (Fsp3) is 0.211. The van der Waals surface area contributed by atoms with Crippen molar-refractivity contribution >= 4 is 35.1 Å². The Kier molecular flexibility index (Phi) is 7.63. The molecular formula is C19H19ClN2O5. The number of halogens is 1. The van der Waals surface area contributed by atoms with Crippen molar-refractivity contribution in [2.45, 2.75) is 6.92 Å². The summed E-state index contributed by atoms with van der Waals surface area (Å²) in [6.45, 7) is 1.39. The number of esters is 1. The van der Waals surface area contributed by atoms with Gasteiger partial charge in [-0.1, -0.05) is 23.7 Å². The number of carbonyl (C=O) groups is 3. The van der Waals surface area contributed by atoms with E-state index in [1.807, 2.05) is 0 Å². The van der Waals surface area contributed by atoms with Crippen LogP contribution < -0.4 is 15.4 Å². The molecule has 0 bridgehead atoms. The van der Waals surface area contributed by atoms with Crippen molar-refractivity contribution in [3.63, 3.8) is 0 Å². The highest BCUT2D eigenvalue weighted by Crippen LogP contribution is 2.17. The molecule has 0 aliphatic heterocycles. The molecule has 0 saturated heterocycles. The maximum Gasteiger partial charge on any atom is 0.325 e. The first-order valence-corrected chi connectivity index (χ1v) is 8.58. The summed E-state index contributed by atoms with van der Waals surface area (Å²) in [5, 5.41) is 5.54. The van der Waals surface area contributed by atoms with Crippen molar-refractivity contribution in [3.05, 3.63) is 59.1 Å².